The molecule has 0 aliphatic rings. The van der Waals surface area contributed by atoms with Crippen molar-refractivity contribution >= 4 is 57.2 Å². The molecule has 3 rings (SSSR count). The minimum atomic E-state index is 0.0556. The molecule has 2 heterocycles. The molecule has 1 aromatic carbocycles. The van der Waals surface area contributed by atoms with Gasteiger partial charge in [-0.1, -0.05) is 43.9 Å². The molecule has 0 saturated carbocycles. The predicted molar refractivity (Wildman–Crippen MR) is 141 cm³/mol. The van der Waals surface area contributed by atoms with Crippen LogP contribution in [0.25, 0.3) is 11.2 Å². The minimum absolute atomic E-state index is 0.0556. The largest absolute Gasteiger partial charge is 0.475 e. The van der Waals surface area contributed by atoms with E-state index < -0.39 is 0 Å². The van der Waals surface area contributed by atoms with Gasteiger partial charge in [-0.2, -0.15) is 4.98 Å². The van der Waals surface area contributed by atoms with Crippen LogP contribution in [0.2, 0.25) is 0 Å². The van der Waals surface area contributed by atoms with Crippen molar-refractivity contribution in [1.82, 2.24) is 19.5 Å². The van der Waals surface area contributed by atoms with E-state index >= 15 is 0 Å². The molecule has 8 nitrogen and oxygen atoms in total. The molecule has 0 bridgehead atoms. The summed E-state index contributed by atoms with van der Waals surface area (Å²) in [7, 11) is 3.60. The second-order valence-corrected chi connectivity index (χ2v) is 9.73. The van der Waals surface area contributed by atoms with Crippen LogP contribution in [0.15, 0.2) is 41.4 Å². The number of aromatic nitrogens is 4. The summed E-state index contributed by atoms with van der Waals surface area (Å²) in [6.45, 7) is 5.52. The van der Waals surface area contributed by atoms with Crippen molar-refractivity contribution in [3.8, 4) is 5.88 Å². The molecular weight excluding hydrogens is 611 g/mol. The molecule has 0 aliphatic heterocycles. The number of halogens is 2. The summed E-state index contributed by atoms with van der Waals surface area (Å²) >= 11 is 5.53. The van der Waals surface area contributed by atoms with E-state index in [1.807, 2.05) is 49.7 Å². The Balaban J connectivity index is 0.000000260. The number of ether oxygens (including phenoxy) is 2. The zero-order chi connectivity index (χ0) is 23.8. The van der Waals surface area contributed by atoms with Gasteiger partial charge in [0.1, 0.15) is 6.33 Å². The maximum atomic E-state index is 8.61. The number of hydrogen-bond donors (Lipinski definition) is 2. The smallest absolute Gasteiger partial charge is 0.245 e. The third-order valence-corrected chi connectivity index (χ3v) is 6.19. The molecule has 3 aromatic rings. The molecule has 0 radical (unpaired) electrons. The van der Waals surface area contributed by atoms with Gasteiger partial charge < -0.3 is 24.3 Å². The summed E-state index contributed by atoms with van der Waals surface area (Å²) < 4.78 is 13.5. The van der Waals surface area contributed by atoms with Crippen molar-refractivity contribution in [2.75, 3.05) is 25.6 Å². The van der Waals surface area contributed by atoms with E-state index in [-0.39, 0.29) is 19.3 Å². The molecule has 0 saturated heterocycles. The zero-order valence-corrected chi connectivity index (χ0v) is 23.0. The first kappa shape index (κ1) is 29.0. The SMILES string of the molecule is CCO[C@@H](CC)CO.Cn1cnc2c(OCCSI)ncnc21.OCc1ccc(Br)cc1. The summed E-state index contributed by atoms with van der Waals surface area (Å²) in [6, 6.07) is 7.57. The van der Waals surface area contributed by atoms with Crippen molar-refractivity contribution < 1.29 is 19.7 Å². The third kappa shape index (κ3) is 10.8. The Kier molecular flexibility index (Phi) is 15.9. The Labute approximate surface area is 213 Å². The van der Waals surface area contributed by atoms with Crippen molar-refractivity contribution in [3.63, 3.8) is 0 Å². The molecule has 0 spiro atoms. The zero-order valence-electron chi connectivity index (χ0n) is 18.4. The standard InChI is InChI=1S/C8H9IN4OS.C7H7BrO.C6H14O2/c1-13-5-12-6-7(13)10-4-11-8(6)14-2-3-15-9;8-7-3-1-6(5-9)2-4-7;1-3-6(5-7)8-4-2/h4-5H,2-3H2,1H3;1-4,9H,5H2;6-7H,3-5H2,1-2H3/t;;6-/m..0/s1. The van der Waals surface area contributed by atoms with Crippen molar-refractivity contribution in [1.29, 1.82) is 0 Å². The highest BCUT2D eigenvalue weighted by molar-refractivity contribution is 14.2. The van der Waals surface area contributed by atoms with Gasteiger partial charge in [0.15, 0.2) is 11.2 Å². The number of imidazole rings is 1. The van der Waals surface area contributed by atoms with Gasteiger partial charge in [0.05, 0.1) is 32.3 Å². The van der Waals surface area contributed by atoms with Gasteiger partial charge in [0, 0.05) is 23.9 Å². The molecule has 2 N–H and O–H groups in total. The van der Waals surface area contributed by atoms with Gasteiger partial charge in [-0.25, -0.2) is 9.97 Å². The van der Waals surface area contributed by atoms with Crippen LogP contribution in [-0.2, 0) is 18.4 Å². The minimum Gasteiger partial charge on any atom is -0.475 e. The number of fused-ring (bicyclic) bond motifs is 1. The van der Waals surface area contributed by atoms with E-state index in [1.54, 1.807) is 15.3 Å². The Hall–Kier alpha value is -0.990. The van der Waals surface area contributed by atoms with Crippen LogP contribution in [0.4, 0.5) is 0 Å². The van der Waals surface area contributed by atoms with Gasteiger partial charge in [-0.05, 0) is 52.2 Å². The first-order valence-corrected chi connectivity index (χ1v) is 14.4. The first-order chi connectivity index (χ1) is 15.5. The van der Waals surface area contributed by atoms with Crippen LogP contribution in [0, 0.1) is 0 Å². The lowest BCUT2D eigenvalue weighted by Crippen LogP contribution is -2.15. The fourth-order valence-electron chi connectivity index (χ4n) is 2.32. The van der Waals surface area contributed by atoms with E-state index in [9.17, 15) is 0 Å². The van der Waals surface area contributed by atoms with E-state index in [4.69, 9.17) is 19.7 Å². The summed E-state index contributed by atoms with van der Waals surface area (Å²) in [4.78, 5) is 12.4. The van der Waals surface area contributed by atoms with Gasteiger partial charge in [-0.15, -0.1) is 0 Å². The van der Waals surface area contributed by atoms with Gasteiger partial charge >= 0.3 is 0 Å². The predicted octanol–water partition coefficient (Wildman–Crippen LogP) is 4.56. The molecule has 2 aromatic heterocycles. The quantitative estimate of drug-likeness (QED) is 0.259. The molecule has 11 heteroatoms. The van der Waals surface area contributed by atoms with Crippen LogP contribution < -0.4 is 4.74 Å². The van der Waals surface area contributed by atoms with Crippen LogP contribution in [0.1, 0.15) is 25.8 Å². The maximum absolute atomic E-state index is 8.61. The highest BCUT2D eigenvalue weighted by atomic mass is 127. The second kappa shape index (κ2) is 17.5. The molecule has 0 fully saturated rings. The lowest BCUT2D eigenvalue weighted by atomic mass is 10.2. The summed E-state index contributed by atoms with van der Waals surface area (Å²) in [5, 5.41) is 17.1. The number of hydrogen-bond acceptors (Lipinski definition) is 8. The Morgan fingerprint density at radius 2 is 1.88 bits per heavy atom. The van der Waals surface area contributed by atoms with E-state index in [0.29, 0.717) is 19.1 Å². The van der Waals surface area contributed by atoms with E-state index in [2.05, 4.69) is 52.1 Å². The first-order valence-electron chi connectivity index (χ1n) is 10.1. The maximum Gasteiger partial charge on any atom is 0.245 e. The second-order valence-electron chi connectivity index (χ2n) is 6.32. The van der Waals surface area contributed by atoms with Crippen molar-refractivity contribution in [2.24, 2.45) is 7.05 Å². The molecule has 1 atom stereocenters. The summed E-state index contributed by atoms with van der Waals surface area (Å²) in [5.74, 6) is 1.49. The average molecular weight is 641 g/mol. The van der Waals surface area contributed by atoms with E-state index in [1.165, 1.54) is 6.33 Å². The summed E-state index contributed by atoms with van der Waals surface area (Å²) in [5.41, 5.74) is 2.46. The lowest BCUT2D eigenvalue weighted by Gasteiger charge is -2.09. The normalized spacial score (nSPS) is 11.2. The van der Waals surface area contributed by atoms with Crippen molar-refractivity contribution in [2.45, 2.75) is 33.0 Å². The third-order valence-electron chi connectivity index (χ3n) is 4.02. The Morgan fingerprint density at radius 1 is 1.16 bits per heavy atom. The number of aliphatic hydroxyl groups is 2. The Morgan fingerprint density at radius 3 is 2.41 bits per heavy atom. The fraction of sp³-hybridized carbons (Fsp3) is 0.476. The Bertz CT molecular complexity index is 882. The number of rotatable bonds is 9. The molecule has 0 unspecified atom stereocenters. The highest BCUT2D eigenvalue weighted by Gasteiger charge is 2.08. The van der Waals surface area contributed by atoms with Crippen LogP contribution >= 0.6 is 46.1 Å². The van der Waals surface area contributed by atoms with Crippen molar-refractivity contribution in [3.05, 3.63) is 47.0 Å². The summed E-state index contributed by atoms with van der Waals surface area (Å²) in [6.07, 6.45) is 4.15. The van der Waals surface area contributed by atoms with Crippen LogP contribution in [-0.4, -0.2) is 61.4 Å². The van der Waals surface area contributed by atoms with E-state index in [0.717, 1.165) is 33.4 Å². The molecule has 32 heavy (non-hydrogen) atoms. The van der Waals surface area contributed by atoms with Gasteiger partial charge in [0.25, 0.3) is 0 Å². The number of benzene rings is 1. The fourth-order valence-corrected chi connectivity index (χ4v) is 3.27. The van der Waals surface area contributed by atoms with Crippen LogP contribution in [0.3, 0.4) is 0 Å². The highest BCUT2D eigenvalue weighted by Crippen LogP contribution is 2.19. The van der Waals surface area contributed by atoms with Gasteiger partial charge in [0.2, 0.25) is 5.88 Å². The number of nitrogens with zero attached hydrogens (tertiary/aromatic N) is 4. The topological polar surface area (TPSA) is 103 Å². The lowest BCUT2D eigenvalue weighted by molar-refractivity contribution is 0.0181. The van der Waals surface area contributed by atoms with Crippen LogP contribution in [0.5, 0.6) is 5.88 Å². The molecule has 0 aliphatic carbocycles. The molecule has 0 amide bonds. The monoisotopic (exact) mass is 640 g/mol. The number of aliphatic hydroxyl groups excluding tert-OH is 2. The number of aryl methyl sites for hydroxylation is 1. The molecule has 178 valence electrons. The molecular formula is C21H30BrIN4O4S. The average Bonchev–Trinajstić information content (AvgIpc) is 3.21. The van der Waals surface area contributed by atoms with Gasteiger partial charge in [-0.3, -0.25) is 0 Å².